The predicted molar refractivity (Wildman–Crippen MR) is 60.0 cm³/mol. The quantitative estimate of drug-likeness (QED) is 0.858. The number of rotatable bonds is 3. The van der Waals surface area contributed by atoms with Gasteiger partial charge in [0.2, 0.25) is 0 Å². The zero-order valence-corrected chi connectivity index (χ0v) is 10.8. The molecule has 0 atom stereocenters. The molecular weight excluding hydrogens is 286 g/mol. The van der Waals surface area contributed by atoms with E-state index < -0.39 is 10.0 Å². The molecule has 1 aromatic heterocycles. The van der Waals surface area contributed by atoms with Crippen molar-refractivity contribution in [2.24, 2.45) is 0 Å². The molecule has 14 heavy (non-hydrogen) atoms. The fourth-order valence-electron chi connectivity index (χ4n) is 1.21. The van der Waals surface area contributed by atoms with Gasteiger partial charge in [-0.2, -0.15) is 4.31 Å². The Bertz CT molecular complexity index is 436. The molecule has 0 bridgehead atoms. The van der Waals surface area contributed by atoms with Crippen LogP contribution in [0.5, 0.6) is 0 Å². The van der Waals surface area contributed by atoms with E-state index in [9.17, 15) is 8.42 Å². The van der Waals surface area contributed by atoms with E-state index in [0.29, 0.717) is 4.21 Å². The van der Waals surface area contributed by atoms with Gasteiger partial charge in [0, 0.05) is 13.1 Å². The number of sulfonamides is 1. The molecule has 1 heterocycles. The van der Waals surface area contributed by atoms with E-state index in [4.69, 9.17) is 0 Å². The molecular formula is C8H10BrNO2S2. The molecule has 78 valence electrons. The van der Waals surface area contributed by atoms with E-state index >= 15 is 0 Å². The minimum absolute atomic E-state index is 0.223. The third-order valence-corrected chi connectivity index (χ3v) is 6.24. The van der Waals surface area contributed by atoms with Crippen LogP contribution in [0.25, 0.3) is 0 Å². The molecule has 1 aliphatic rings. The van der Waals surface area contributed by atoms with Gasteiger partial charge in [-0.25, -0.2) is 8.42 Å². The second-order valence-electron chi connectivity index (χ2n) is 3.31. The molecule has 0 unspecified atom stereocenters. The summed E-state index contributed by atoms with van der Waals surface area (Å²) >= 11 is 4.52. The van der Waals surface area contributed by atoms with Gasteiger partial charge >= 0.3 is 0 Å². The molecule has 0 spiro atoms. The van der Waals surface area contributed by atoms with Crippen LogP contribution < -0.4 is 0 Å². The topological polar surface area (TPSA) is 37.4 Å². The van der Waals surface area contributed by atoms with Crippen molar-refractivity contribution in [1.82, 2.24) is 4.31 Å². The van der Waals surface area contributed by atoms with Crippen molar-refractivity contribution in [2.75, 3.05) is 7.05 Å². The molecule has 0 aliphatic heterocycles. The summed E-state index contributed by atoms with van der Waals surface area (Å²) in [6, 6.07) is 3.63. The molecule has 6 heteroatoms. The van der Waals surface area contributed by atoms with Crippen LogP contribution in [0, 0.1) is 0 Å². The maximum absolute atomic E-state index is 11.9. The van der Waals surface area contributed by atoms with E-state index in [-0.39, 0.29) is 6.04 Å². The maximum atomic E-state index is 11.9. The fraction of sp³-hybridized carbons (Fsp3) is 0.500. The zero-order chi connectivity index (χ0) is 10.3. The van der Waals surface area contributed by atoms with Crippen LogP contribution in [-0.4, -0.2) is 25.8 Å². The highest BCUT2D eigenvalue weighted by Crippen LogP contribution is 2.33. The first-order valence-electron chi connectivity index (χ1n) is 4.25. The average molecular weight is 296 g/mol. The molecule has 1 fully saturated rings. The predicted octanol–water partition coefficient (Wildman–Crippen LogP) is 2.29. The Morgan fingerprint density at radius 2 is 2.14 bits per heavy atom. The van der Waals surface area contributed by atoms with Crippen molar-refractivity contribution in [2.45, 2.75) is 23.1 Å². The van der Waals surface area contributed by atoms with Crippen LogP contribution in [0.1, 0.15) is 12.8 Å². The van der Waals surface area contributed by atoms with Gasteiger partial charge in [-0.3, -0.25) is 0 Å². The highest BCUT2D eigenvalue weighted by Gasteiger charge is 2.35. The maximum Gasteiger partial charge on any atom is 0.252 e. The van der Waals surface area contributed by atoms with Gasteiger partial charge < -0.3 is 0 Å². The van der Waals surface area contributed by atoms with E-state index in [1.165, 1.54) is 15.6 Å². The summed E-state index contributed by atoms with van der Waals surface area (Å²) in [5.41, 5.74) is 0. The Morgan fingerprint density at radius 1 is 1.50 bits per heavy atom. The third kappa shape index (κ3) is 1.88. The van der Waals surface area contributed by atoms with Crippen LogP contribution in [-0.2, 0) is 10.0 Å². The summed E-state index contributed by atoms with van der Waals surface area (Å²) < 4.78 is 26.6. The lowest BCUT2D eigenvalue weighted by Crippen LogP contribution is -2.28. The molecule has 0 radical (unpaired) electrons. The summed E-state index contributed by atoms with van der Waals surface area (Å²) in [6.07, 6.45) is 1.98. The minimum Gasteiger partial charge on any atom is -0.206 e. The van der Waals surface area contributed by atoms with Crippen molar-refractivity contribution < 1.29 is 8.42 Å². The number of thiophene rings is 1. The molecule has 1 aliphatic carbocycles. The summed E-state index contributed by atoms with van der Waals surface area (Å²) in [4.78, 5) is 0. The van der Waals surface area contributed by atoms with Crippen molar-refractivity contribution in [3.05, 3.63) is 15.9 Å². The standard InChI is InChI=1S/C8H10BrNO2S2/c1-10(6-2-3-6)14(11,12)8-5-4-7(9)13-8/h4-6H,2-3H2,1H3. The molecule has 0 aromatic carbocycles. The molecule has 0 saturated heterocycles. The molecule has 0 amide bonds. The van der Waals surface area contributed by atoms with E-state index in [1.54, 1.807) is 19.2 Å². The first-order chi connectivity index (χ1) is 6.51. The smallest absolute Gasteiger partial charge is 0.206 e. The monoisotopic (exact) mass is 295 g/mol. The Hall–Kier alpha value is 0.0900. The van der Waals surface area contributed by atoms with Gasteiger partial charge in [-0.05, 0) is 40.9 Å². The fourth-order valence-corrected chi connectivity index (χ4v) is 4.82. The number of halogens is 1. The Balaban J connectivity index is 2.31. The lowest BCUT2D eigenvalue weighted by atomic mass is 10.7. The third-order valence-electron chi connectivity index (χ3n) is 2.24. The molecule has 3 nitrogen and oxygen atoms in total. The van der Waals surface area contributed by atoms with Gasteiger partial charge in [-0.1, -0.05) is 0 Å². The first-order valence-corrected chi connectivity index (χ1v) is 7.30. The molecule has 0 N–H and O–H groups in total. The van der Waals surface area contributed by atoms with E-state index in [2.05, 4.69) is 15.9 Å². The second-order valence-corrected chi connectivity index (χ2v) is 8.00. The van der Waals surface area contributed by atoms with Gasteiger partial charge in [-0.15, -0.1) is 11.3 Å². The SMILES string of the molecule is CN(C1CC1)S(=O)(=O)c1ccc(Br)s1. The van der Waals surface area contributed by atoms with Crippen LogP contribution in [0.4, 0.5) is 0 Å². The molecule has 2 rings (SSSR count). The lowest BCUT2D eigenvalue weighted by Gasteiger charge is -2.14. The zero-order valence-electron chi connectivity index (χ0n) is 7.60. The summed E-state index contributed by atoms with van der Waals surface area (Å²) in [5.74, 6) is 0. The number of hydrogen-bond donors (Lipinski definition) is 0. The molecule has 1 aromatic rings. The summed E-state index contributed by atoms with van der Waals surface area (Å²) in [5, 5.41) is 0. The first kappa shape index (κ1) is 10.6. The second kappa shape index (κ2) is 3.59. The molecule has 1 saturated carbocycles. The Labute approximate surface area is 95.9 Å². The average Bonchev–Trinajstić information content (AvgIpc) is 2.87. The van der Waals surface area contributed by atoms with Crippen LogP contribution in [0.15, 0.2) is 20.1 Å². The Kier molecular flexibility index (Phi) is 2.72. The lowest BCUT2D eigenvalue weighted by molar-refractivity contribution is 0.466. The number of hydrogen-bond acceptors (Lipinski definition) is 3. The summed E-state index contributed by atoms with van der Waals surface area (Å²) in [6.45, 7) is 0. The Morgan fingerprint density at radius 3 is 2.57 bits per heavy atom. The van der Waals surface area contributed by atoms with Crippen LogP contribution in [0.2, 0.25) is 0 Å². The van der Waals surface area contributed by atoms with Crippen molar-refractivity contribution in [3.63, 3.8) is 0 Å². The highest BCUT2D eigenvalue weighted by atomic mass is 79.9. The minimum atomic E-state index is -3.23. The number of nitrogens with zero attached hydrogens (tertiary/aromatic N) is 1. The highest BCUT2D eigenvalue weighted by molar-refractivity contribution is 9.11. The normalized spacial score (nSPS) is 17.6. The van der Waals surface area contributed by atoms with Gasteiger partial charge in [0.15, 0.2) is 0 Å². The van der Waals surface area contributed by atoms with E-state index in [0.717, 1.165) is 16.6 Å². The van der Waals surface area contributed by atoms with Gasteiger partial charge in [0.25, 0.3) is 10.0 Å². The summed E-state index contributed by atoms with van der Waals surface area (Å²) in [7, 11) is -1.58. The van der Waals surface area contributed by atoms with E-state index in [1.807, 2.05) is 0 Å². The van der Waals surface area contributed by atoms with Gasteiger partial charge in [0.1, 0.15) is 4.21 Å². The van der Waals surface area contributed by atoms with Crippen molar-refractivity contribution in [3.8, 4) is 0 Å². The van der Waals surface area contributed by atoms with Crippen molar-refractivity contribution >= 4 is 37.3 Å². The van der Waals surface area contributed by atoms with Crippen LogP contribution in [0.3, 0.4) is 0 Å². The largest absolute Gasteiger partial charge is 0.252 e. The van der Waals surface area contributed by atoms with Crippen molar-refractivity contribution in [1.29, 1.82) is 0 Å². The van der Waals surface area contributed by atoms with Crippen LogP contribution >= 0.6 is 27.3 Å². The van der Waals surface area contributed by atoms with Gasteiger partial charge in [0.05, 0.1) is 3.79 Å².